The van der Waals surface area contributed by atoms with Crippen molar-refractivity contribution in [1.82, 2.24) is 9.97 Å². The number of H-pyrrole nitrogens is 1. The number of thioether (sulfide) groups is 1. The molecule has 3 aromatic rings. The summed E-state index contributed by atoms with van der Waals surface area (Å²) in [4.78, 5) is 7.97. The highest BCUT2D eigenvalue weighted by Crippen LogP contribution is 2.28. The number of ether oxygens (including phenoxy) is 2. The molecule has 3 rings (SSSR count). The maximum absolute atomic E-state index is 5.88. The van der Waals surface area contributed by atoms with Crippen LogP contribution in [-0.2, 0) is 6.42 Å². The second kappa shape index (κ2) is 8.81. The molecule has 0 bridgehead atoms. The van der Waals surface area contributed by atoms with Crippen molar-refractivity contribution < 1.29 is 9.47 Å². The van der Waals surface area contributed by atoms with Gasteiger partial charge in [-0.3, -0.25) is 0 Å². The number of aryl methyl sites for hydroxylation is 1. The summed E-state index contributed by atoms with van der Waals surface area (Å²) < 4.78 is 11.3. The predicted molar refractivity (Wildman–Crippen MR) is 109 cm³/mol. The first kappa shape index (κ1) is 18.4. The molecule has 0 radical (unpaired) electrons. The molecule has 136 valence electrons. The fourth-order valence-electron chi connectivity index (χ4n) is 2.70. The van der Waals surface area contributed by atoms with Crippen LogP contribution >= 0.6 is 11.8 Å². The quantitative estimate of drug-likeness (QED) is 0.321. The summed E-state index contributed by atoms with van der Waals surface area (Å²) in [6, 6.07) is 12.3. The second-order valence-corrected chi connectivity index (χ2v) is 7.17. The molecule has 0 atom stereocenters. The molecule has 2 aromatic carbocycles. The summed E-state index contributed by atoms with van der Waals surface area (Å²) >= 11 is 1.72. The third-order valence-corrected chi connectivity index (χ3v) is 4.97. The van der Waals surface area contributed by atoms with Gasteiger partial charge in [0.25, 0.3) is 0 Å². The van der Waals surface area contributed by atoms with E-state index in [9.17, 15) is 0 Å². The number of benzene rings is 2. The zero-order valence-corrected chi connectivity index (χ0v) is 16.1. The van der Waals surface area contributed by atoms with Crippen molar-refractivity contribution in [2.45, 2.75) is 24.9 Å². The summed E-state index contributed by atoms with van der Waals surface area (Å²) in [5.41, 5.74) is 4.51. The first-order chi connectivity index (χ1) is 12.7. The molecule has 26 heavy (non-hydrogen) atoms. The molecule has 1 N–H and O–H groups in total. The van der Waals surface area contributed by atoms with Gasteiger partial charge in [-0.15, -0.1) is 6.58 Å². The van der Waals surface area contributed by atoms with Crippen LogP contribution in [0.4, 0.5) is 0 Å². The number of nitrogens with zero attached hydrogens (tertiary/aromatic N) is 1. The Hall–Kier alpha value is -2.40. The van der Waals surface area contributed by atoms with Gasteiger partial charge in [-0.05, 0) is 55.2 Å². The van der Waals surface area contributed by atoms with Crippen LogP contribution in [0, 0.1) is 6.92 Å². The third kappa shape index (κ3) is 4.61. The van der Waals surface area contributed by atoms with Gasteiger partial charge in [-0.2, -0.15) is 0 Å². The Balaban J connectivity index is 1.48. The molecule has 0 aliphatic heterocycles. The van der Waals surface area contributed by atoms with Crippen LogP contribution in [0.15, 0.2) is 54.2 Å². The van der Waals surface area contributed by atoms with Gasteiger partial charge in [0, 0.05) is 5.75 Å². The SMILES string of the molecule is C=CCc1ccc(OCCCSc2nc3ccc(C)cc3[nH]2)c(OC)c1. The van der Waals surface area contributed by atoms with Gasteiger partial charge < -0.3 is 14.5 Å². The Morgan fingerprint density at radius 2 is 2.08 bits per heavy atom. The van der Waals surface area contributed by atoms with Crippen LogP contribution in [0.3, 0.4) is 0 Å². The van der Waals surface area contributed by atoms with Gasteiger partial charge in [0.2, 0.25) is 0 Å². The van der Waals surface area contributed by atoms with E-state index in [0.29, 0.717) is 6.61 Å². The van der Waals surface area contributed by atoms with Crippen LogP contribution in [0.2, 0.25) is 0 Å². The van der Waals surface area contributed by atoms with E-state index in [4.69, 9.17) is 9.47 Å². The lowest BCUT2D eigenvalue weighted by Gasteiger charge is -2.11. The van der Waals surface area contributed by atoms with Gasteiger partial charge in [-0.25, -0.2) is 4.98 Å². The number of methoxy groups -OCH3 is 1. The fraction of sp³-hybridized carbons (Fsp3) is 0.286. The molecule has 1 aromatic heterocycles. The minimum Gasteiger partial charge on any atom is -0.493 e. The van der Waals surface area contributed by atoms with Gasteiger partial charge in [0.15, 0.2) is 16.7 Å². The van der Waals surface area contributed by atoms with Gasteiger partial charge in [0.1, 0.15) is 0 Å². The first-order valence-corrected chi connectivity index (χ1v) is 9.68. The predicted octanol–water partition coefficient (Wildman–Crippen LogP) is 5.17. The monoisotopic (exact) mass is 368 g/mol. The van der Waals surface area contributed by atoms with E-state index >= 15 is 0 Å². The number of rotatable bonds is 9. The Morgan fingerprint density at radius 3 is 2.88 bits per heavy atom. The van der Waals surface area contributed by atoms with Crippen LogP contribution in [0.5, 0.6) is 11.5 Å². The number of nitrogens with one attached hydrogen (secondary N) is 1. The second-order valence-electron chi connectivity index (χ2n) is 6.09. The molecule has 1 heterocycles. The number of fused-ring (bicyclic) bond motifs is 1. The van der Waals surface area contributed by atoms with Gasteiger partial charge in [-0.1, -0.05) is 30.0 Å². The normalized spacial score (nSPS) is 10.8. The highest BCUT2D eigenvalue weighted by molar-refractivity contribution is 7.99. The number of aromatic nitrogens is 2. The molecule has 5 heteroatoms. The third-order valence-electron chi connectivity index (χ3n) is 4.01. The van der Waals surface area contributed by atoms with E-state index in [1.54, 1.807) is 18.9 Å². The van der Waals surface area contributed by atoms with Gasteiger partial charge >= 0.3 is 0 Å². The molecule has 0 aliphatic rings. The number of hydrogen-bond donors (Lipinski definition) is 1. The molecule has 0 fully saturated rings. The largest absolute Gasteiger partial charge is 0.493 e. The van der Waals surface area contributed by atoms with Crippen molar-refractivity contribution in [2.24, 2.45) is 0 Å². The van der Waals surface area contributed by atoms with E-state index < -0.39 is 0 Å². The minimum absolute atomic E-state index is 0.642. The Kier molecular flexibility index (Phi) is 6.23. The van der Waals surface area contributed by atoms with Crippen LogP contribution in [-0.4, -0.2) is 29.4 Å². The number of hydrogen-bond acceptors (Lipinski definition) is 4. The highest BCUT2D eigenvalue weighted by Gasteiger charge is 2.06. The van der Waals surface area contributed by atoms with Crippen LogP contribution in [0.25, 0.3) is 11.0 Å². The Labute approximate surface area is 158 Å². The number of allylic oxidation sites excluding steroid dienone is 1. The van der Waals surface area contributed by atoms with Crippen molar-refractivity contribution in [3.05, 3.63) is 60.2 Å². The molecule has 0 saturated heterocycles. The van der Waals surface area contributed by atoms with Crippen molar-refractivity contribution in [3.8, 4) is 11.5 Å². The molecule has 0 saturated carbocycles. The lowest BCUT2D eigenvalue weighted by Crippen LogP contribution is -2.01. The van der Waals surface area contributed by atoms with Crippen molar-refractivity contribution in [2.75, 3.05) is 19.5 Å². The summed E-state index contributed by atoms with van der Waals surface area (Å²) in [6.07, 6.45) is 3.63. The van der Waals surface area contributed by atoms with E-state index in [1.165, 1.54) is 11.1 Å². The number of aromatic amines is 1. The Morgan fingerprint density at radius 1 is 1.19 bits per heavy atom. The van der Waals surface area contributed by atoms with Crippen LogP contribution < -0.4 is 9.47 Å². The van der Waals surface area contributed by atoms with Crippen molar-refractivity contribution in [1.29, 1.82) is 0 Å². The smallest absolute Gasteiger partial charge is 0.166 e. The molecule has 0 spiro atoms. The standard InChI is InChI=1S/C21H24N2O2S/c1-4-6-16-8-10-19(20(14-16)24-3)25-11-5-12-26-21-22-17-9-7-15(2)13-18(17)23-21/h4,7-10,13-14H,1,5-6,11-12H2,2-3H3,(H,22,23). The van der Waals surface area contributed by atoms with Gasteiger partial charge in [0.05, 0.1) is 24.8 Å². The van der Waals surface area contributed by atoms with E-state index in [2.05, 4.69) is 41.7 Å². The van der Waals surface area contributed by atoms with Crippen LogP contribution in [0.1, 0.15) is 17.5 Å². The highest BCUT2D eigenvalue weighted by atomic mass is 32.2. The van der Waals surface area contributed by atoms with Crippen molar-refractivity contribution in [3.63, 3.8) is 0 Å². The maximum Gasteiger partial charge on any atom is 0.166 e. The van der Waals surface area contributed by atoms with Crippen molar-refractivity contribution >= 4 is 22.8 Å². The summed E-state index contributed by atoms with van der Waals surface area (Å²) in [5, 5.41) is 0.956. The molecule has 0 unspecified atom stereocenters. The van der Waals surface area contributed by atoms with E-state index in [0.717, 1.165) is 46.3 Å². The molecule has 4 nitrogen and oxygen atoms in total. The minimum atomic E-state index is 0.642. The van der Waals surface area contributed by atoms with E-state index in [-0.39, 0.29) is 0 Å². The maximum atomic E-state index is 5.88. The average Bonchev–Trinajstić information content (AvgIpc) is 3.04. The average molecular weight is 369 g/mol. The molecule has 0 aliphatic carbocycles. The summed E-state index contributed by atoms with van der Waals surface area (Å²) in [5.74, 6) is 2.49. The zero-order valence-electron chi connectivity index (χ0n) is 15.2. The van der Waals surface area contributed by atoms with E-state index in [1.807, 2.05) is 24.3 Å². The molecular formula is C21H24N2O2S. The summed E-state index contributed by atoms with van der Waals surface area (Å²) in [6.45, 7) is 6.49. The summed E-state index contributed by atoms with van der Waals surface area (Å²) in [7, 11) is 1.67. The molecular weight excluding hydrogens is 344 g/mol. The topological polar surface area (TPSA) is 47.1 Å². The lowest BCUT2D eigenvalue weighted by molar-refractivity contribution is 0.295. The fourth-order valence-corrected chi connectivity index (χ4v) is 3.50. The first-order valence-electron chi connectivity index (χ1n) is 8.69. The lowest BCUT2D eigenvalue weighted by atomic mass is 10.1. The zero-order chi connectivity index (χ0) is 18.4. The Bertz CT molecular complexity index is 889. The number of imidazole rings is 1. The molecule has 0 amide bonds.